The number of carbonyl (C=O) groups is 2. The minimum Gasteiger partial charge on any atom is -0.478 e. The number of urea groups is 1. The predicted molar refractivity (Wildman–Crippen MR) is 71.8 cm³/mol. The van der Waals surface area contributed by atoms with Gasteiger partial charge < -0.3 is 10.4 Å². The average Bonchev–Trinajstić information content (AvgIpc) is 2.77. The Morgan fingerprint density at radius 3 is 2.60 bits per heavy atom. The van der Waals surface area contributed by atoms with Gasteiger partial charge >= 0.3 is 12.0 Å². The van der Waals surface area contributed by atoms with E-state index in [0.29, 0.717) is 17.2 Å². The number of aromatic carboxylic acids is 1. The van der Waals surface area contributed by atoms with Gasteiger partial charge in [0.2, 0.25) is 5.95 Å². The lowest BCUT2D eigenvalue weighted by Gasteiger charge is -2.09. The van der Waals surface area contributed by atoms with Crippen molar-refractivity contribution in [1.29, 1.82) is 0 Å². The van der Waals surface area contributed by atoms with Gasteiger partial charge in [-0.25, -0.2) is 14.3 Å². The van der Waals surface area contributed by atoms with Gasteiger partial charge in [0.1, 0.15) is 6.33 Å². The van der Waals surface area contributed by atoms with E-state index in [2.05, 4.69) is 20.7 Å². The summed E-state index contributed by atoms with van der Waals surface area (Å²) >= 11 is 0. The van der Waals surface area contributed by atoms with Crippen molar-refractivity contribution in [2.45, 2.75) is 6.92 Å². The van der Waals surface area contributed by atoms with Crippen LogP contribution in [0, 0.1) is 6.92 Å². The molecule has 1 aromatic heterocycles. The predicted octanol–water partition coefficient (Wildman–Crippen LogP) is 1.47. The summed E-state index contributed by atoms with van der Waals surface area (Å²) in [5.41, 5.74) is 1.34. The number of nitrogens with zero attached hydrogens (tertiary/aromatic N) is 3. The molecule has 104 valence electrons. The molecule has 20 heavy (non-hydrogen) atoms. The van der Waals surface area contributed by atoms with Crippen molar-refractivity contribution in [3.63, 3.8) is 0 Å². The third-order valence-corrected chi connectivity index (χ3v) is 2.66. The van der Waals surface area contributed by atoms with Gasteiger partial charge in [-0.3, -0.25) is 5.32 Å². The largest absolute Gasteiger partial charge is 0.478 e. The van der Waals surface area contributed by atoms with Crippen LogP contribution in [0.15, 0.2) is 24.5 Å². The normalized spacial score (nSPS) is 10.1. The van der Waals surface area contributed by atoms with E-state index in [4.69, 9.17) is 5.11 Å². The van der Waals surface area contributed by atoms with Crippen molar-refractivity contribution in [2.75, 3.05) is 10.6 Å². The molecule has 2 aromatic rings. The lowest BCUT2D eigenvalue weighted by Crippen LogP contribution is -2.22. The monoisotopic (exact) mass is 275 g/mol. The van der Waals surface area contributed by atoms with E-state index < -0.39 is 12.0 Å². The molecule has 2 amide bonds. The van der Waals surface area contributed by atoms with E-state index in [-0.39, 0.29) is 5.56 Å². The molecule has 0 saturated heterocycles. The van der Waals surface area contributed by atoms with E-state index in [1.165, 1.54) is 29.2 Å². The zero-order valence-corrected chi connectivity index (χ0v) is 10.9. The summed E-state index contributed by atoms with van der Waals surface area (Å²) in [5.74, 6) is -0.703. The van der Waals surface area contributed by atoms with Crippen LogP contribution in [0.3, 0.4) is 0 Å². The molecule has 8 nitrogen and oxygen atoms in total. The zero-order valence-electron chi connectivity index (χ0n) is 10.9. The lowest BCUT2D eigenvalue weighted by atomic mass is 10.1. The van der Waals surface area contributed by atoms with Crippen molar-refractivity contribution in [2.24, 2.45) is 7.05 Å². The quantitative estimate of drug-likeness (QED) is 0.785. The van der Waals surface area contributed by atoms with Gasteiger partial charge in [-0.05, 0) is 30.7 Å². The molecule has 2 rings (SSSR count). The topological polar surface area (TPSA) is 109 Å². The van der Waals surface area contributed by atoms with Crippen molar-refractivity contribution >= 4 is 23.6 Å². The number of rotatable bonds is 3. The Labute approximate surface area is 114 Å². The van der Waals surface area contributed by atoms with Crippen molar-refractivity contribution in [3.8, 4) is 0 Å². The van der Waals surface area contributed by atoms with Crippen LogP contribution in [0.2, 0.25) is 0 Å². The minimum atomic E-state index is -1.01. The van der Waals surface area contributed by atoms with E-state index >= 15 is 0 Å². The summed E-state index contributed by atoms with van der Waals surface area (Å²) in [5, 5.41) is 17.8. The fourth-order valence-electron chi connectivity index (χ4n) is 1.60. The fourth-order valence-corrected chi connectivity index (χ4v) is 1.60. The molecule has 0 aliphatic rings. The first-order valence-electron chi connectivity index (χ1n) is 5.73. The number of benzene rings is 1. The smallest absolute Gasteiger partial charge is 0.335 e. The zero-order chi connectivity index (χ0) is 14.7. The van der Waals surface area contributed by atoms with E-state index in [1.807, 2.05) is 0 Å². The summed E-state index contributed by atoms with van der Waals surface area (Å²) in [6.45, 7) is 1.71. The Morgan fingerprint density at radius 2 is 2.05 bits per heavy atom. The Hall–Kier alpha value is -2.90. The van der Waals surface area contributed by atoms with Crippen molar-refractivity contribution < 1.29 is 14.7 Å². The summed E-state index contributed by atoms with van der Waals surface area (Å²) in [6.07, 6.45) is 1.32. The van der Waals surface area contributed by atoms with E-state index in [9.17, 15) is 9.59 Å². The number of amides is 2. The van der Waals surface area contributed by atoms with Crippen LogP contribution in [0.25, 0.3) is 0 Å². The third-order valence-electron chi connectivity index (χ3n) is 2.66. The number of nitrogens with one attached hydrogen (secondary N) is 2. The second-order valence-corrected chi connectivity index (χ2v) is 4.12. The maximum atomic E-state index is 11.8. The minimum absolute atomic E-state index is 0.168. The second kappa shape index (κ2) is 5.39. The lowest BCUT2D eigenvalue weighted by molar-refractivity contribution is 0.0697. The first-order valence-corrected chi connectivity index (χ1v) is 5.73. The summed E-state index contributed by atoms with van der Waals surface area (Å²) < 4.78 is 1.42. The highest BCUT2D eigenvalue weighted by Gasteiger charge is 2.10. The second-order valence-electron chi connectivity index (χ2n) is 4.12. The van der Waals surface area contributed by atoms with Crippen LogP contribution in [0.5, 0.6) is 0 Å². The van der Waals surface area contributed by atoms with Gasteiger partial charge in [0.15, 0.2) is 0 Å². The number of anilines is 2. The fraction of sp³-hybridized carbons (Fsp3) is 0.167. The molecule has 8 heteroatoms. The van der Waals surface area contributed by atoms with Crippen molar-refractivity contribution in [1.82, 2.24) is 14.8 Å². The molecule has 0 aliphatic carbocycles. The first kappa shape index (κ1) is 13.5. The number of hydrogen-bond acceptors (Lipinski definition) is 4. The molecule has 0 aliphatic heterocycles. The number of aryl methyl sites for hydroxylation is 2. The molecular formula is C12H13N5O3. The molecule has 1 heterocycles. The molecule has 0 saturated carbocycles. The maximum absolute atomic E-state index is 11.8. The third kappa shape index (κ3) is 2.91. The summed E-state index contributed by atoms with van der Waals surface area (Å²) in [4.78, 5) is 26.5. The molecule has 0 atom stereocenters. The average molecular weight is 275 g/mol. The molecule has 0 fully saturated rings. The molecule has 0 unspecified atom stereocenters. The maximum Gasteiger partial charge on any atom is 0.335 e. The van der Waals surface area contributed by atoms with Crippen molar-refractivity contribution in [3.05, 3.63) is 35.7 Å². The number of carboxylic acids is 1. The Bertz CT molecular complexity index is 665. The molecular weight excluding hydrogens is 262 g/mol. The first-order chi connectivity index (χ1) is 9.47. The Balaban J connectivity index is 2.08. The van der Waals surface area contributed by atoms with Crippen LogP contribution in [0.1, 0.15) is 15.9 Å². The Morgan fingerprint density at radius 1 is 1.30 bits per heavy atom. The van der Waals surface area contributed by atoms with Crippen LogP contribution in [0.4, 0.5) is 16.4 Å². The van der Waals surface area contributed by atoms with E-state index in [0.717, 1.165) is 0 Å². The van der Waals surface area contributed by atoms with Crippen LogP contribution in [-0.4, -0.2) is 31.9 Å². The molecule has 0 radical (unpaired) electrons. The van der Waals surface area contributed by atoms with Gasteiger partial charge in [-0.15, -0.1) is 0 Å². The van der Waals surface area contributed by atoms with Crippen LogP contribution < -0.4 is 10.6 Å². The van der Waals surface area contributed by atoms with Gasteiger partial charge in [-0.2, -0.15) is 10.1 Å². The van der Waals surface area contributed by atoms with Gasteiger partial charge in [0, 0.05) is 12.7 Å². The Kier molecular flexibility index (Phi) is 3.65. The SMILES string of the molecule is Cc1cc(C(=O)O)ccc1NC(=O)Nc1ncnn1C. The molecule has 0 spiro atoms. The van der Waals surface area contributed by atoms with Gasteiger partial charge in [-0.1, -0.05) is 0 Å². The standard InChI is InChI=1S/C12H13N5O3/c1-7-5-8(10(18)19)3-4-9(7)15-12(20)16-11-13-6-14-17(11)2/h3-6H,1-2H3,(H,18,19)(H2,13,14,15,16,20). The van der Waals surface area contributed by atoms with Crippen LogP contribution in [-0.2, 0) is 7.05 Å². The molecule has 3 N–H and O–H groups in total. The number of carbonyl (C=O) groups excluding carboxylic acids is 1. The number of hydrogen-bond donors (Lipinski definition) is 3. The summed E-state index contributed by atoms with van der Waals surface area (Å²) in [7, 11) is 1.65. The molecule has 0 bridgehead atoms. The van der Waals surface area contributed by atoms with Gasteiger partial charge in [0.25, 0.3) is 0 Å². The van der Waals surface area contributed by atoms with Gasteiger partial charge in [0.05, 0.1) is 5.56 Å². The van der Waals surface area contributed by atoms with Crippen LogP contribution >= 0.6 is 0 Å². The number of aromatic nitrogens is 3. The number of carboxylic acid groups (broad SMARTS) is 1. The highest BCUT2D eigenvalue weighted by Crippen LogP contribution is 2.16. The van der Waals surface area contributed by atoms with E-state index in [1.54, 1.807) is 14.0 Å². The summed E-state index contributed by atoms with van der Waals surface area (Å²) in [6, 6.07) is 3.97. The highest BCUT2D eigenvalue weighted by molar-refractivity contribution is 5.99. The molecule has 1 aromatic carbocycles. The highest BCUT2D eigenvalue weighted by atomic mass is 16.4.